The molecular weight excluding hydrogens is 631 g/mol. The van der Waals surface area contributed by atoms with Crippen LogP contribution in [-0.2, 0) is 5.41 Å². The van der Waals surface area contributed by atoms with Crippen molar-refractivity contribution in [3.8, 4) is 33.4 Å². The van der Waals surface area contributed by atoms with E-state index in [4.69, 9.17) is 4.42 Å². The van der Waals surface area contributed by atoms with E-state index in [0.29, 0.717) is 0 Å². The van der Waals surface area contributed by atoms with E-state index in [0.717, 1.165) is 33.3 Å². The first-order chi connectivity index (χ1) is 25.2. The van der Waals surface area contributed by atoms with Gasteiger partial charge < -0.3 is 9.32 Å². The molecule has 0 amide bonds. The molecule has 1 heterocycles. The van der Waals surface area contributed by atoms with Crippen molar-refractivity contribution in [2.75, 3.05) is 4.90 Å². The fourth-order valence-corrected chi connectivity index (χ4v) is 8.31. The fourth-order valence-electron chi connectivity index (χ4n) is 8.31. The van der Waals surface area contributed by atoms with Crippen LogP contribution in [0.4, 0.5) is 17.1 Å². The summed E-state index contributed by atoms with van der Waals surface area (Å²) in [4.78, 5) is 2.40. The Morgan fingerprint density at radius 2 is 1.00 bits per heavy atom. The van der Waals surface area contributed by atoms with E-state index in [1.807, 2.05) is 12.1 Å². The number of anilines is 3. The maximum atomic E-state index is 6.37. The van der Waals surface area contributed by atoms with E-state index in [9.17, 15) is 0 Å². The molecule has 0 unspecified atom stereocenters. The van der Waals surface area contributed by atoms with Crippen LogP contribution in [0, 0.1) is 13.8 Å². The highest BCUT2D eigenvalue weighted by atomic mass is 16.3. The number of hydrogen-bond donors (Lipinski definition) is 0. The van der Waals surface area contributed by atoms with Gasteiger partial charge in [-0.2, -0.15) is 0 Å². The Morgan fingerprint density at radius 1 is 0.442 bits per heavy atom. The standard InChI is InChI=1S/C50H39NO/c1-30-9-8-10-31(2)49(30)51(40-21-22-42-41-11-6-7-12-47(41)52-48(42)29-40)39-20-17-35-26-44-43-25-34-14-13-33(32-15-18-38(19-16-32)50(3,4)5)23-36(34)27-45(43)46(44)28-37(35)24-39/h6-29H,1-5H3. The molecule has 0 saturated carbocycles. The summed E-state index contributed by atoms with van der Waals surface area (Å²) in [5, 5.41) is 7.31. The molecule has 1 aliphatic carbocycles. The third-order valence-electron chi connectivity index (χ3n) is 11.1. The van der Waals surface area contributed by atoms with Crippen LogP contribution >= 0.6 is 0 Å². The summed E-state index contributed by atoms with van der Waals surface area (Å²) in [6, 6.07) is 53.8. The van der Waals surface area contributed by atoms with Gasteiger partial charge in [0.2, 0.25) is 0 Å². The largest absolute Gasteiger partial charge is 0.456 e. The second-order valence-corrected chi connectivity index (χ2v) is 15.6. The first-order valence-electron chi connectivity index (χ1n) is 18.2. The molecule has 2 heteroatoms. The summed E-state index contributed by atoms with van der Waals surface area (Å²) in [6.45, 7) is 11.2. The molecule has 10 rings (SSSR count). The lowest BCUT2D eigenvalue weighted by molar-refractivity contribution is 0.590. The molecular formula is C50H39NO. The zero-order valence-corrected chi connectivity index (χ0v) is 30.2. The average Bonchev–Trinajstić information content (AvgIpc) is 3.52. The minimum absolute atomic E-state index is 0.143. The van der Waals surface area contributed by atoms with Crippen LogP contribution in [0.2, 0.25) is 0 Å². The summed E-state index contributed by atoms with van der Waals surface area (Å²) in [7, 11) is 0. The van der Waals surface area contributed by atoms with Gasteiger partial charge in [-0.1, -0.05) is 99.6 Å². The number of aryl methyl sites for hydroxylation is 2. The van der Waals surface area contributed by atoms with Crippen LogP contribution in [0.15, 0.2) is 150 Å². The molecule has 2 nitrogen and oxygen atoms in total. The predicted molar refractivity (Wildman–Crippen MR) is 221 cm³/mol. The van der Waals surface area contributed by atoms with Gasteiger partial charge in [-0.15, -0.1) is 0 Å². The predicted octanol–water partition coefficient (Wildman–Crippen LogP) is 14.6. The molecule has 52 heavy (non-hydrogen) atoms. The number of hydrogen-bond acceptors (Lipinski definition) is 2. The monoisotopic (exact) mass is 669 g/mol. The molecule has 9 aromatic rings. The number of benzene rings is 8. The van der Waals surface area contributed by atoms with Crippen LogP contribution in [0.3, 0.4) is 0 Å². The molecule has 0 radical (unpaired) electrons. The SMILES string of the molecule is Cc1cccc(C)c1N(c1ccc2cc3c(cc2c1)-c1cc2cc(-c4ccc(C(C)(C)C)cc4)ccc2cc1-3)c1ccc2c(c1)oc1ccccc12. The first-order valence-corrected chi connectivity index (χ1v) is 18.2. The lowest BCUT2D eigenvalue weighted by Gasteiger charge is -2.29. The van der Waals surface area contributed by atoms with Crippen LogP contribution in [0.1, 0.15) is 37.5 Å². The smallest absolute Gasteiger partial charge is 0.137 e. The Bertz CT molecular complexity index is 2880. The first kappa shape index (κ1) is 30.7. The van der Waals surface area contributed by atoms with Crippen molar-refractivity contribution in [3.63, 3.8) is 0 Å². The molecule has 1 aliphatic rings. The summed E-state index contributed by atoms with van der Waals surface area (Å²) < 4.78 is 6.37. The Balaban J connectivity index is 1.07. The third-order valence-corrected chi connectivity index (χ3v) is 11.1. The van der Waals surface area contributed by atoms with E-state index in [1.165, 1.54) is 77.3 Å². The second kappa shape index (κ2) is 11.2. The van der Waals surface area contributed by atoms with Gasteiger partial charge in [0.15, 0.2) is 0 Å². The maximum Gasteiger partial charge on any atom is 0.137 e. The highest BCUT2D eigenvalue weighted by Crippen LogP contribution is 2.51. The van der Waals surface area contributed by atoms with Gasteiger partial charge in [0.1, 0.15) is 11.2 Å². The molecule has 0 saturated heterocycles. The van der Waals surface area contributed by atoms with E-state index in [2.05, 4.69) is 173 Å². The van der Waals surface area contributed by atoms with Crippen molar-refractivity contribution in [1.82, 2.24) is 0 Å². The van der Waals surface area contributed by atoms with Crippen molar-refractivity contribution >= 4 is 60.5 Å². The molecule has 1 aromatic heterocycles. The summed E-state index contributed by atoms with van der Waals surface area (Å²) in [5.41, 5.74) is 17.0. The minimum atomic E-state index is 0.143. The zero-order chi connectivity index (χ0) is 35.3. The fraction of sp³-hybridized carbons (Fsp3) is 0.120. The topological polar surface area (TPSA) is 16.4 Å². The van der Waals surface area contributed by atoms with Crippen molar-refractivity contribution in [2.45, 2.75) is 40.0 Å². The lowest BCUT2D eigenvalue weighted by atomic mass is 9.77. The van der Waals surface area contributed by atoms with Crippen molar-refractivity contribution < 1.29 is 4.42 Å². The lowest BCUT2D eigenvalue weighted by Crippen LogP contribution is -2.13. The van der Waals surface area contributed by atoms with Gasteiger partial charge >= 0.3 is 0 Å². The maximum absolute atomic E-state index is 6.37. The van der Waals surface area contributed by atoms with Crippen molar-refractivity contribution in [2.24, 2.45) is 0 Å². The molecule has 0 bridgehead atoms. The molecule has 8 aromatic carbocycles. The summed E-state index contributed by atoms with van der Waals surface area (Å²) >= 11 is 0. The molecule has 0 spiro atoms. The normalized spacial score (nSPS) is 12.3. The molecule has 0 N–H and O–H groups in total. The quantitative estimate of drug-likeness (QED) is 0.185. The van der Waals surface area contributed by atoms with Gasteiger partial charge in [0.25, 0.3) is 0 Å². The van der Waals surface area contributed by atoms with Crippen LogP contribution in [0.5, 0.6) is 0 Å². The van der Waals surface area contributed by atoms with E-state index in [-0.39, 0.29) is 5.41 Å². The Morgan fingerprint density at radius 3 is 1.69 bits per heavy atom. The highest BCUT2D eigenvalue weighted by Gasteiger charge is 2.25. The Hall–Kier alpha value is -6.12. The van der Waals surface area contributed by atoms with Crippen LogP contribution < -0.4 is 4.90 Å². The van der Waals surface area contributed by atoms with Crippen LogP contribution in [0.25, 0.3) is 76.9 Å². The summed E-state index contributed by atoms with van der Waals surface area (Å²) in [6.07, 6.45) is 0. The van der Waals surface area contributed by atoms with Crippen molar-refractivity contribution in [1.29, 1.82) is 0 Å². The van der Waals surface area contributed by atoms with Gasteiger partial charge in [0, 0.05) is 28.2 Å². The molecule has 250 valence electrons. The van der Waals surface area contributed by atoms with Gasteiger partial charge in [-0.25, -0.2) is 0 Å². The minimum Gasteiger partial charge on any atom is -0.456 e. The molecule has 0 fully saturated rings. The average molecular weight is 670 g/mol. The highest BCUT2D eigenvalue weighted by molar-refractivity contribution is 6.13. The van der Waals surface area contributed by atoms with E-state index in [1.54, 1.807) is 0 Å². The number of nitrogens with zero attached hydrogens (tertiary/aromatic N) is 1. The van der Waals surface area contributed by atoms with Gasteiger partial charge in [-0.05, 0) is 152 Å². The van der Waals surface area contributed by atoms with E-state index < -0.39 is 0 Å². The number of furan rings is 1. The summed E-state index contributed by atoms with van der Waals surface area (Å²) in [5.74, 6) is 0. The van der Waals surface area contributed by atoms with Crippen LogP contribution in [-0.4, -0.2) is 0 Å². The van der Waals surface area contributed by atoms with E-state index >= 15 is 0 Å². The Labute approximate surface area is 304 Å². The zero-order valence-electron chi connectivity index (χ0n) is 30.2. The number of rotatable bonds is 4. The second-order valence-electron chi connectivity index (χ2n) is 15.6. The third kappa shape index (κ3) is 4.78. The Kier molecular flexibility index (Phi) is 6.60. The van der Waals surface area contributed by atoms with Gasteiger partial charge in [0.05, 0.1) is 5.69 Å². The number of fused-ring (bicyclic) bond motifs is 9. The molecule has 0 aliphatic heterocycles. The van der Waals surface area contributed by atoms with Crippen molar-refractivity contribution in [3.05, 3.63) is 162 Å². The molecule has 0 atom stereocenters. The number of para-hydroxylation sites is 2. The van der Waals surface area contributed by atoms with Gasteiger partial charge in [-0.3, -0.25) is 0 Å².